The molecule has 0 unspecified atom stereocenters. The number of carbonyl (C=O) groups is 3. The van der Waals surface area contributed by atoms with Crippen LogP contribution in [-0.4, -0.2) is 77.1 Å². The minimum Gasteiger partial charge on any atom is -0.465 e. The van der Waals surface area contributed by atoms with Gasteiger partial charge in [0.1, 0.15) is 0 Å². The second-order valence-corrected chi connectivity index (χ2v) is 10.9. The molecule has 3 N–H and O–H groups in total. The van der Waals surface area contributed by atoms with E-state index < -0.39 is 23.7 Å². The van der Waals surface area contributed by atoms with Gasteiger partial charge in [-0.25, -0.2) is 9.59 Å². The van der Waals surface area contributed by atoms with Crippen molar-refractivity contribution in [2.45, 2.75) is 63.8 Å². The third kappa shape index (κ3) is 8.07. The molecule has 1 fully saturated rings. The summed E-state index contributed by atoms with van der Waals surface area (Å²) in [6.07, 6.45) is 0.276. The number of nitrogens with zero attached hydrogens (tertiary/aromatic N) is 3. The highest BCUT2D eigenvalue weighted by Crippen LogP contribution is 2.32. The number of likely N-dealkylation sites (N-methyl/N-ethyl adjacent to an activating group) is 1. The number of fused-ring (bicyclic) bond motifs is 1. The van der Waals surface area contributed by atoms with Crippen molar-refractivity contribution in [1.82, 2.24) is 20.0 Å². The van der Waals surface area contributed by atoms with Gasteiger partial charge in [-0.1, -0.05) is 49.6 Å². The lowest BCUT2D eigenvalue weighted by Crippen LogP contribution is -2.47. The minimum absolute atomic E-state index is 0.0608. The largest absolute Gasteiger partial charge is 0.465 e. The fourth-order valence-corrected chi connectivity index (χ4v) is 5.54. The van der Waals surface area contributed by atoms with Crippen LogP contribution in [0.15, 0.2) is 42.5 Å². The Morgan fingerprint density at radius 2 is 1.76 bits per heavy atom. The molecular formula is C30H38F3N5O4. The zero-order valence-corrected chi connectivity index (χ0v) is 23.8. The summed E-state index contributed by atoms with van der Waals surface area (Å²) < 4.78 is 40.8. The van der Waals surface area contributed by atoms with Gasteiger partial charge < -0.3 is 30.4 Å². The van der Waals surface area contributed by atoms with Crippen LogP contribution in [0.25, 0.3) is 0 Å². The molecule has 4 rings (SSSR count). The predicted molar refractivity (Wildman–Crippen MR) is 152 cm³/mol. The molecule has 1 saturated carbocycles. The van der Waals surface area contributed by atoms with Crippen molar-refractivity contribution >= 4 is 23.7 Å². The molecule has 228 valence electrons. The molecule has 2 aliphatic rings. The van der Waals surface area contributed by atoms with Crippen LogP contribution in [0.4, 0.5) is 28.4 Å². The molecule has 0 aromatic heterocycles. The van der Waals surface area contributed by atoms with Gasteiger partial charge in [-0.2, -0.15) is 13.2 Å². The van der Waals surface area contributed by atoms with E-state index in [1.54, 1.807) is 4.90 Å². The summed E-state index contributed by atoms with van der Waals surface area (Å²) in [7, 11) is 1.34. The number of hydrogen-bond donors (Lipinski definition) is 3. The van der Waals surface area contributed by atoms with Gasteiger partial charge in [0.25, 0.3) is 0 Å². The number of nitrogens with one attached hydrogen (secondary N) is 2. The van der Waals surface area contributed by atoms with E-state index in [-0.39, 0.29) is 43.8 Å². The Labute approximate surface area is 243 Å². The van der Waals surface area contributed by atoms with Crippen LogP contribution < -0.4 is 10.6 Å². The Bertz CT molecular complexity index is 1270. The number of carbonyl (C=O) groups excluding carboxylic acids is 2. The molecule has 2 aromatic carbocycles. The third-order valence-corrected chi connectivity index (χ3v) is 7.98. The summed E-state index contributed by atoms with van der Waals surface area (Å²) in [6, 6.07) is 10.8. The van der Waals surface area contributed by atoms with Crippen molar-refractivity contribution in [1.29, 1.82) is 0 Å². The monoisotopic (exact) mass is 589 g/mol. The highest BCUT2D eigenvalue weighted by molar-refractivity contribution is 5.81. The van der Waals surface area contributed by atoms with E-state index in [2.05, 4.69) is 10.6 Å². The summed E-state index contributed by atoms with van der Waals surface area (Å²) in [6.45, 7) is 0.330. The van der Waals surface area contributed by atoms with Crippen LogP contribution >= 0.6 is 0 Å². The van der Waals surface area contributed by atoms with Gasteiger partial charge in [-0.05, 0) is 48.1 Å². The first kappa shape index (κ1) is 31.0. The predicted octanol–water partition coefficient (Wildman–Crippen LogP) is 5.16. The van der Waals surface area contributed by atoms with Gasteiger partial charge in [0.2, 0.25) is 5.91 Å². The van der Waals surface area contributed by atoms with Crippen LogP contribution in [-0.2, 0) is 30.5 Å². The number of amides is 4. The smallest absolute Gasteiger partial charge is 0.416 e. The molecule has 1 aliphatic heterocycles. The van der Waals surface area contributed by atoms with Crippen LogP contribution in [0.2, 0.25) is 0 Å². The average Bonchev–Trinajstić information content (AvgIpc) is 2.97. The molecule has 12 heteroatoms. The lowest BCUT2D eigenvalue weighted by Gasteiger charge is -2.33. The van der Waals surface area contributed by atoms with E-state index in [1.165, 1.54) is 36.6 Å². The first-order valence-electron chi connectivity index (χ1n) is 14.3. The molecule has 2 aromatic rings. The van der Waals surface area contributed by atoms with Gasteiger partial charge in [0, 0.05) is 51.5 Å². The molecule has 0 spiro atoms. The number of anilines is 1. The fourth-order valence-electron chi connectivity index (χ4n) is 5.54. The van der Waals surface area contributed by atoms with E-state index >= 15 is 0 Å². The molecule has 1 heterocycles. The van der Waals surface area contributed by atoms with Crippen LogP contribution in [0.5, 0.6) is 0 Å². The molecule has 0 bridgehead atoms. The summed E-state index contributed by atoms with van der Waals surface area (Å²) in [5.41, 5.74) is 1.78. The SMILES string of the molecule is CN(CCN(Cc1ccccc1C(F)(F)F)C(=O)CNc1cccc2c1CCN(C(=O)NC1CCCCC1)C2)C(=O)O. The number of rotatable bonds is 9. The normalized spacial score (nSPS) is 15.5. The zero-order valence-electron chi connectivity index (χ0n) is 23.8. The number of alkyl halides is 3. The van der Waals surface area contributed by atoms with Crippen molar-refractivity contribution in [3.8, 4) is 0 Å². The quantitative estimate of drug-likeness (QED) is 0.375. The van der Waals surface area contributed by atoms with E-state index in [0.29, 0.717) is 19.5 Å². The Balaban J connectivity index is 1.42. The summed E-state index contributed by atoms with van der Waals surface area (Å²) in [5.74, 6) is -0.465. The Kier molecular flexibility index (Phi) is 10.2. The topological polar surface area (TPSA) is 105 Å². The standard InChI is InChI=1S/C30H38F3N5O4/c1-36(29(41)42)16-17-37(20-22-8-5-6-12-25(22)30(31,32)33)27(39)18-34-26-13-7-9-21-19-38(15-14-24(21)26)28(40)35-23-10-3-2-4-11-23/h5-9,12-13,23,34H,2-4,10-11,14-20H2,1H3,(H,35,40)(H,41,42). The number of urea groups is 1. The molecule has 42 heavy (non-hydrogen) atoms. The van der Waals surface area contributed by atoms with Gasteiger partial charge in [-0.15, -0.1) is 0 Å². The number of benzene rings is 2. The Morgan fingerprint density at radius 3 is 2.48 bits per heavy atom. The molecule has 9 nitrogen and oxygen atoms in total. The maximum Gasteiger partial charge on any atom is 0.416 e. The van der Waals surface area contributed by atoms with E-state index in [1.807, 2.05) is 18.2 Å². The maximum absolute atomic E-state index is 13.6. The Morgan fingerprint density at radius 1 is 1.02 bits per heavy atom. The van der Waals surface area contributed by atoms with Gasteiger partial charge in [0.05, 0.1) is 12.1 Å². The first-order chi connectivity index (χ1) is 20.0. The lowest BCUT2D eigenvalue weighted by atomic mass is 9.95. The van der Waals surface area contributed by atoms with Crippen LogP contribution in [0.3, 0.4) is 0 Å². The van der Waals surface area contributed by atoms with Crippen molar-refractivity contribution in [3.05, 3.63) is 64.7 Å². The molecule has 4 amide bonds. The van der Waals surface area contributed by atoms with E-state index in [4.69, 9.17) is 0 Å². The minimum atomic E-state index is -4.59. The third-order valence-electron chi connectivity index (χ3n) is 7.98. The fraction of sp³-hybridized carbons (Fsp3) is 0.500. The van der Waals surface area contributed by atoms with Crippen molar-refractivity contribution in [2.75, 3.05) is 38.5 Å². The second-order valence-electron chi connectivity index (χ2n) is 10.9. The summed E-state index contributed by atoms with van der Waals surface area (Å²) in [4.78, 5) is 41.5. The van der Waals surface area contributed by atoms with Crippen molar-refractivity contribution in [2.24, 2.45) is 0 Å². The van der Waals surface area contributed by atoms with Crippen LogP contribution in [0, 0.1) is 0 Å². The Hall–Kier alpha value is -3.96. The van der Waals surface area contributed by atoms with Crippen molar-refractivity contribution < 1.29 is 32.7 Å². The summed E-state index contributed by atoms with van der Waals surface area (Å²) >= 11 is 0. The zero-order chi connectivity index (χ0) is 30.3. The average molecular weight is 590 g/mol. The second kappa shape index (κ2) is 13.8. The number of hydrogen-bond acceptors (Lipinski definition) is 4. The number of carboxylic acid groups (broad SMARTS) is 1. The van der Waals surface area contributed by atoms with Crippen molar-refractivity contribution in [3.63, 3.8) is 0 Å². The molecule has 0 atom stereocenters. The number of halogens is 3. The molecule has 0 radical (unpaired) electrons. The van der Waals surface area contributed by atoms with Gasteiger partial charge >= 0.3 is 18.3 Å². The van der Waals surface area contributed by atoms with Crippen LogP contribution in [0.1, 0.15) is 54.4 Å². The first-order valence-corrected chi connectivity index (χ1v) is 14.3. The van der Waals surface area contributed by atoms with E-state index in [0.717, 1.165) is 53.5 Å². The molecule has 0 saturated heterocycles. The van der Waals surface area contributed by atoms with Gasteiger partial charge in [-0.3, -0.25) is 4.79 Å². The highest BCUT2D eigenvalue weighted by Gasteiger charge is 2.34. The summed E-state index contributed by atoms with van der Waals surface area (Å²) in [5, 5.41) is 15.5. The molecule has 1 aliphatic carbocycles. The maximum atomic E-state index is 13.6. The molecular weight excluding hydrogens is 551 g/mol. The lowest BCUT2D eigenvalue weighted by molar-refractivity contribution is -0.139. The van der Waals surface area contributed by atoms with E-state index in [9.17, 15) is 32.7 Å². The highest BCUT2D eigenvalue weighted by atomic mass is 19.4. The van der Waals surface area contributed by atoms with Gasteiger partial charge in [0.15, 0.2) is 0 Å².